The summed E-state index contributed by atoms with van der Waals surface area (Å²) in [5.74, 6) is -1.37. The van der Waals surface area contributed by atoms with Gasteiger partial charge in [0.15, 0.2) is 0 Å². The molecule has 0 bridgehead atoms. The molecule has 0 atom stereocenters. The van der Waals surface area contributed by atoms with E-state index < -0.39 is 11.9 Å². The Morgan fingerprint density at radius 1 is 1.04 bits per heavy atom. The number of amides is 1. The summed E-state index contributed by atoms with van der Waals surface area (Å²) in [4.78, 5) is 36.7. The maximum absolute atomic E-state index is 12.5. The van der Waals surface area contributed by atoms with Crippen molar-refractivity contribution in [3.63, 3.8) is 0 Å². The minimum atomic E-state index is -0.574. The molecule has 7 heteroatoms. The van der Waals surface area contributed by atoms with Crippen LogP contribution in [0.25, 0.3) is 0 Å². The van der Waals surface area contributed by atoms with E-state index >= 15 is 0 Å². The molecule has 0 saturated heterocycles. The number of carbonyl (C=O) groups excluding carboxylic acids is 3. The molecular formula is C19H21NO5S. The van der Waals surface area contributed by atoms with Crippen molar-refractivity contribution < 1.29 is 23.9 Å². The van der Waals surface area contributed by atoms with Gasteiger partial charge in [-0.05, 0) is 25.0 Å². The highest BCUT2D eigenvalue weighted by Crippen LogP contribution is 2.34. The Balaban J connectivity index is 2.26. The van der Waals surface area contributed by atoms with Gasteiger partial charge in [0.1, 0.15) is 16.5 Å². The summed E-state index contributed by atoms with van der Waals surface area (Å²) < 4.78 is 10.4. The fraction of sp³-hybridized carbons (Fsp3) is 0.316. The molecule has 0 aliphatic heterocycles. The number of esters is 2. The van der Waals surface area contributed by atoms with Gasteiger partial charge >= 0.3 is 11.9 Å². The minimum Gasteiger partial charge on any atom is -0.462 e. The second kappa shape index (κ2) is 9.15. The summed E-state index contributed by atoms with van der Waals surface area (Å²) in [5, 5.41) is 2.97. The van der Waals surface area contributed by atoms with E-state index in [1.54, 1.807) is 20.8 Å². The molecule has 138 valence electrons. The van der Waals surface area contributed by atoms with Gasteiger partial charge in [0.05, 0.1) is 12.2 Å². The van der Waals surface area contributed by atoms with E-state index in [4.69, 9.17) is 9.47 Å². The van der Waals surface area contributed by atoms with Gasteiger partial charge < -0.3 is 14.8 Å². The van der Waals surface area contributed by atoms with Gasteiger partial charge in [0.25, 0.3) is 0 Å². The summed E-state index contributed by atoms with van der Waals surface area (Å²) in [6.45, 7) is 5.36. The quantitative estimate of drug-likeness (QED) is 0.741. The first-order chi connectivity index (χ1) is 12.5. The van der Waals surface area contributed by atoms with E-state index in [2.05, 4.69) is 5.32 Å². The molecule has 0 spiro atoms. The molecule has 0 saturated carbocycles. The van der Waals surface area contributed by atoms with Crippen LogP contribution >= 0.6 is 11.3 Å². The number of nitrogens with one attached hydrogen (secondary N) is 1. The summed E-state index contributed by atoms with van der Waals surface area (Å²) in [6.07, 6.45) is 0.257. The summed E-state index contributed by atoms with van der Waals surface area (Å²) >= 11 is 1.02. The predicted molar refractivity (Wildman–Crippen MR) is 99.5 cm³/mol. The molecular weight excluding hydrogens is 354 g/mol. The monoisotopic (exact) mass is 375 g/mol. The molecule has 0 fully saturated rings. The maximum atomic E-state index is 12.5. The summed E-state index contributed by atoms with van der Waals surface area (Å²) in [6, 6.07) is 9.30. The Labute approximate surface area is 156 Å². The maximum Gasteiger partial charge on any atom is 0.349 e. The zero-order valence-corrected chi connectivity index (χ0v) is 15.8. The first-order valence-electron chi connectivity index (χ1n) is 8.29. The number of carbonyl (C=O) groups is 3. The molecule has 0 aliphatic carbocycles. The van der Waals surface area contributed by atoms with Gasteiger partial charge in [0, 0.05) is 6.42 Å². The summed E-state index contributed by atoms with van der Waals surface area (Å²) in [5.41, 5.74) is 1.50. The third-order valence-electron chi connectivity index (χ3n) is 3.60. The van der Waals surface area contributed by atoms with Crippen molar-refractivity contribution in [3.8, 4) is 0 Å². The van der Waals surface area contributed by atoms with Crippen LogP contribution in [0.5, 0.6) is 0 Å². The molecule has 1 aromatic heterocycles. The number of anilines is 1. The zero-order chi connectivity index (χ0) is 19.1. The molecule has 1 heterocycles. The van der Waals surface area contributed by atoms with Crippen molar-refractivity contribution in [2.24, 2.45) is 0 Å². The van der Waals surface area contributed by atoms with E-state index in [0.29, 0.717) is 10.6 Å². The molecule has 1 amide bonds. The fourth-order valence-corrected chi connectivity index (χ4v) is 3.35. The first kappa shape index (κ1) is 19.7. The van der Waals surface area contributed by atoms with E-state index in [-0.39, 0.29) is 36.0 Å². The minimum absolute atomic E-state index is 0.127. The zero-order valence-electron chi connectivity index (χ0n) is 15.0. The lowest BCUT2D eigenvalue weighted by Crippen LogP contribution is -2.13. The molecule has 26 heavy (non-hydrogen) atoms. The van der Waals surface area contributed by atoms with Gasteiger partial charge in [0.2, 0.25) is 5.91 Å². The van der Waals surface area contributed by atoms with Crippen molar-refractivity contribution in [3.05, 3.63) is 51.9 Å². The highest BCUT2D eigenvalue weighted by molar-refractivity contribution is 7.18. The van der Waals surface area contributed by atoms with Crippen LogP contribution in [0, 0.1) is 6.92 Å². The van der Waals surface area contributed by atoms with E-state index in [1.165, 1.54) is 0 Å². The number of rotatable bonds is 7. The first-order valence-corrected chi connectivity index (χ1v) is 9.10. The van der Waals surface area contributed by atoms with Gasteiger partial charge in [-0.2, -0.15) is 0 Å². The third kappa shape index (κ3) is 4.70. The van der Waals surface area contributed by atoms with Crippen LogP contribution in [0.15, 0.2) is 30.3 Å². The van der Waals surface area contributed by atoms with Gasteiger partial charge in [-0.25, -0.2) is 9.59 Å². The number of benzene rings is 1. The van der Waals surface area contributed by atoms with E-state index in [0.717, 1.165) is 16.9 Å². The van der Waals surface area contributed by atoms with Crippen LogP contribution < -0.4 is 5.32 Å². The Bertz CT molecular complexity index is 798. The van der Waals surface area contributed by atoms with Crippen LogP contribution in [0.4, 0.5) is 5.00 Å². The van der Waals surface area contributed by atoms with Crippen LogP contribution in [0.2, 0.25) is 0 Å². The van der Waals surface area contributed by atoms with Crippen LogP contribution in [-0.4, -0.2) is 24.5 Å². The lowest BCUT2D eigenvalue weighted by molar-refractivity contribution is -0.115. The van der Waals surface area contributed by atoms with Crippen LogP contribution in [-0.2, 0) is 20.9 Å². The third-order valence-corrected chi connectivity index (χ3v) is 4.79. The fourth-order valence-electron chi connectivity index (χ4n) is 2.25. The predicted octanol–water partition coefficient (Wildman–Crippen LogP) is 3.94. The smallest absolute Gasteiger partial charge is 0.349 e. The van der Waals surface area contributed by atoms with Gasteiger partial charge in [-0.1, -0.05) is 37.3 Å². The van der Waals surface area contributed by atoms with E-state index in [9.17, 15) is 14.4 Å². The Kier molecular flexibility index (Phi) is 6.91. The normalized spacial score (nSPS) is 10.3. The SMILES string of the molecule is CCOC(=O)c1c(NC(=O)CC)sc(C(=O)OCc2ccccc2)c1C. The van der Waals surface area contributed by atoms with Crippen LogP contribution in [0.3, 0.4) is 0 Å². The van der Waals surface area contributed by atoms with Crippen molar-refractivity contribution in [1.29, 1.82) is 0 Å². The van der Waals surface area contributed by atoms with Crippen molar-refractivity contribution in [1.82, 2.24) is 0 Å². The highest BCUT2D eigenvalue weighted by atomic mass is 32.1. The lowest BCUT2D eigenvalue weighted by atomic mass is 10.1. The molecule has 0 radical (unpaired) electrons. The van der Waals surface area contributed by atoms with Gasteiger partial charge in [-0.3, -0.25) is 4.79 Å². The lowest BCUT2D eigenvalue weighted by Gasteiger charge is -2.06. The standard InChI is InChI=1S/C19H21NO5S/c1-4-14(21)20-17-15(18(22)24-5-2)12(3)16(26-17)19(23)25-11-13-9-7-6-8-10-13/h6-10H,4-5,11H2,1-3H3,(H,20,21). The average molecular weight is 375 g/mol. The van der Waals surface area contributed by atoms with Crippen molar-refractivity contribution in [2.45, 2.75) is 33.8 Å². The van der Waals surface area contributed by atoms with Crippen molar-refractivity contribution in [2.75, 3.05) is 11.9 Å². The second-order valence-electron chi connectivity index (χ2n) is 5.44. The van der Waals surface area contributed by atoms with E-state index in [1.807, 2.05) is 30.3 Å². The Morgan fingerprint density at radius 3 is 2.35 bits per heavy atom. The Morgan fingerprint density at radius 2 is 1.73 bits per heavy atom. The molecule has 0 aliphatic rings. The van der Waals surface area contributed by atoms with Gasteiger partial charge in [-0.15, -0.1) is 11.3 Å². The number of hydrogen-bond donors (Lipinski definition) is 1. The topological polar surface area (TPSA) is 81.7 Å². The average Bonchev–Trinajstić information content (AvgIpc) is 2.96. The summed E-state index contributed by atoms with van der Waals surface area (Å²) in [7, 11) is 0. The van der Waals surface area contributed by atoms with Crippen LogP contribution in [0.1, 0.15) is 51.4 Å². The number of thiophene rings is 1. The highest BCUT2D eigenvalue weighted by Gasteiger charge is 2.27. The number of hydrogen-bond acceptors (Lipinski definition) is 6. The number of ether oxygens (including phenoxy) is 2. The molecule has 6 nitrogen and oxygen atoms in total. The largest absolute Gasteiger partial charge is 0.462 e. The second-order valence-corrected chi connectivity index (χ2v) is 6.46. The molecule has 1 N–H and O–H groups in total. The molecule has 2 rings (SSSR count). The van der Waals surface area contributed by atoms with Crippen molar-refractivity contribution >= 4 is 34.2 Å². The Hall–Kier alpha value is -2.67. The molecule has 0 unspecified atom stereocenters. The molecule has 2 aromatic rings. The molecule has 1 aromatic carbocycles.